The van der Waals surface area contributed by atoms with Gasteiger partial charge in [-0.2, -0.15) is 0 Å². The van der Waals surface area contributed by atoms with Crippen LogP contribution in [0.4, 0.5) is 0 Å². The molecule has 1 heterocycles. The summed E-state index contributed by atoms with van der Waals surface area (Å²) in [5, 5.41) is 9.37. The number of aliphatic carboxylic acids is 1. The lowest BCUT2D eigenvalue weighted by Crippen LogP contribution is -2.24. The van der Waals surface area contributed by atoms with Gasteiger partial charge in [0, 0.05) is 6.07 Å². The average molecular weight is 291 g/mol. The van der Waals surface area contributed by atoms with E-state index >= 15 is 0 Å². The summed E-state index contributed by atoms with van der Waals surface area (Å²) in [5.74, 6) is 0.565. The lowest BCUT2D eigenvalue weighted by Gasteiger charge is -2.22. The minimum absolute atomic E-state index is 0.00481. The van der Waals surface area contributed by atoms with Crippen LogP contribution >= 0.6 is 0 Å². The molecule has 0 radical (unpaired) electrons. The van der Waals surface area contributed by atoms with Crippen LogP contribution < -0.4 is 4.74 Å². The third-order valence-electron chi connectivity index (χ3n) is 3.82. The van der Waals surface area contributed by atoms with E-state index in [4.69, 9.17) is 4.74 Å². The van der Waals surface area contributed by atoms with Crippen molar-refractivity contribution in [2.45, 2.75) is 25.9 Å². The number of nitrogens with zero attached hydrogens (tertiary/aromatic N) is 3. The topological polar surface area (TPSA) is 67.6 Å². The fourth-order valence-electron chi connectivity index (χ4n) is 2.27. The van der Waals surface area contributed by atoms with Crippen LogP contribution in [0, 0.1) is 0 Å². The smallest absolute Gasteiger partial charge is 0.326 e. The Bertz CT molecular complexity index is 663. The molecule has 2 unspecified atom stereocenters. The van der Waals surface area contributed by atoms with Gasteiger partial charge in [-0.3, -0.25) is 4.90 Å². The molecule has 1 aromatic heterocycles. The molecule has 114 valence electrons. The largest absolute Gasteiger partial charge is 0.497 e. The molecule has 0 spiro atoms. The first-order chi connectivity index (χ1) is 9.86. The number of hydrogen-bond donors (Lipinski definition) is 1. The normalized spacial score (nSPS) is 14.4. The molecule has 2 aromatic rings. The van der Waals surface area contributed by atoms with Crippen LogP contribution in [0.3, 0.4) is 0 Å². The van der Waals surface area contributed by atoms with Gasteiger partial charge in [-0.05, 0) is 40.1 Å². The zero-order valence-electron chi connectivity index (χ0n) is 13.0. The van der Waals surface area contributed by atoms with E-state index in [2.05, 4.69) is 4.98 Å². The maximum absolute atomic E-state index is 11.4. The summed E-state index contributed by atoms with van der Waals surface area (Å²) in [5.41, 5.74) is 1.54. The standard InChI is InChI=1S/C15H21N3O3/c1-9(17(3)4)14-16-12-8-11(21-5)6-7-13(12)18(14)10(2)15(19)20/h6-10H,1-5H3,(H,19,20). The lowest BCUT2D eigenvalue weighted by atomic mass is 10.2. The number of imidazole rings is 1. The number of hydrogen-bond acceptors (Lipinski definition) is 4. The SMILES string of the molecule is COc1ccc2c(c1)nc(C(C)N(C)C)n2C(C)C(=O)O. The summed E-state index contributed by atoms with van der Waals surface area (Å²) in [4.78, 5) is 18.0. The van der Waals surface area contributed by atoms with Crippen molar-refractivity contribution >= 4 is 17.0 Å². The number of rotatable bonds is 5. The minimum Gasteiger partial charge on any atom is -0.497 e. The van der Waals surface area contributed by atoms with E-state index in [0.717, 1.165) is 16.9 Å². The van der Waals surface area contributed by atoms with Gasteiger partial charge in [0.25, 0.3) is 0 Å². The predicted molar refractivity (Wildman–Crippen MR) is 80.7 cm³/mol. The van der Waals surface area contributed by atoms with E-state index in [-0.39, 0.29) is 6.04 Å². The van der Waals surface area contributed by atoms with Crippen molar-refractivity contribution in [1.82, 2.24) is 14.5 Å². The van der Waals surface area contributed by atoms with Gasteiger partial charge in [-0.15, -0.1) is 0 Å². The Morgan fingerprint density at radius 3 is 2.57 bits per heavy atom. The maximum atomic E-state index is 11.4. The van der Waals surface area contributed by atoms with Crippen molar-refractivity contribution in [3.63, 3.8) is 0 Å². The first kappa shape index (κ1) is 15.3. The summed E-state index contributed by atoms with van der Waals surface area (Å²) in [6.07, 6.45) is 0. The molecule has 0 aliphatic heterocycles. The lowest BCUT2D eigenvalue weighted by molar-refractivity contribution is -0.140. The number of carbonyl (C=O) groups is 1. The highest BCUT2D eigenvalue weighted by molar-refractivity contribution is 5.81. The van der Waals surface area contributed by atoms with E-state index in [1.165, 1.54) is 0 Å². The van der Waals surface area contributed by atoms with Gasteiger partial charge in [-0.25, -0.2) is 9.78 Å². The zero-order valence-corrected chi connectivity index (χ0v) is 13.0. The minimum atomic E-state index is -0.877. The number of benzene rings is 1. The zero-order chi connectivity index (χ0) is 15.7. The summed E-state index contributed by atoms with van der Waals surface area (Å²) in [6, 6.07) is 4.82. The van der Waals surface area contributed by atoms with Gasteiger partial charge in [0.1, 0.15) is 17.6 Å². The molecule has 6 nitrogen and oxygen atoms in total. The van der Waals surface area contributed by atoms with Crippen LogP contribution in [0.1, 0.15) is 31.8 Å². The van der Waals surface area contributed by atoms with E-state index < -0.39 is 12.0 Å². The molecule has 0 fully saturated rings. The highest BCUT2D eigenvalue weighted by Crippen LogP contribution is 2.29. The van der Waals surface area contributed by atoms with Crippen molar-refractivity contribution in [1.29, 1.82) is 0 Å². The Morgan fingerprint density at radius 2 is 2.05 bits per heavy atom. The third-order valence-corrected chi connectivity index (χ3v) is 3.82. The molecule has 0 bridgehead atoms. The Kier molecular flexibility index (Phi) is 4.18. The van der Waals surface area contributed by atoms with Gasteiger partial charge in [0.2, 0.25) is 0 Å². The Labute approximate surface area is 124 Å². The molecule has 1 N–H and O–H groups in total. The van der Waals surface area contributed by atoms with Crippen LogP contribution in [0.15, 0.2) is 18.2 Å². The quantitative estimate of drug-likeness (QED) is 0.915. The first-order valence-corrected chi connectivity index (χ1v) is 6.82. The second kappa shape index (κ2) is 5.73. The van der Waals surface area contributed by atoms with Gasteiger partial charge in [0.15, 0.2) is 0 Å². The van der Waals surface area contributed by atoms with Crippen molar-refractivity contribution in [3.05, 3.63) is 24.0 Å². The second-order valence-electron chi connectivity index (χ2n) is 5.35. The van der Waals surface area contributed by atoms with Crippen LogP contribution in [-0.4, -0.2) is 46.7 Å². The number of aromatic nitrogens is 2. The summed E-state index contributed by atoms with van der Waals surface area (Å²) >= 11 is 0. The molecule has 1 aromatic carbocycles. The van der Waals surface area contributed by atoms with Gasteiger partial charge < -0.3 is 14.4 Å². The fraction of sp³-hybridized carbons (Fsp3) is 0.467. The number of carboxylic acid groups (broad SMARTS) is 1. The highest BCUT2D eigenvalue weighted by atomic mass is 16.5. The van der Waals surface area contributed by atoms with Crippen LogP contribution in [-0.2, 0) is 4.79 Å². The van der Waals surface area contributed by atoms with E-state index in [9.17, 15) is 9.90 Å². The van der Waals surface area contributed by atoms with Crippen LogP contribution in [0.5, 0.6) is 5.75 Å². The highest BCUT2D eigenvalue weighted by Gasteiger charge is 2.25. The molecule has 6 heteroatoms. The van der Waals surface area contributed by atoms with Gasteiger partial charge in [0.05, 0.1) is 24.2 Å². The van der Waals surface area contributed by atoms with Gasteiger partial charge >= 0.3 is 5.97 Å². The molecule has 0 amide bonds. The molecular formula is C15H21N3O3. The fourth-order valence-corrected chi connectivity index (χ4v) is 2.27. The van der Waals surface area contributed by atoms with E-state index in [1.807, 2.05) is 44.1 Å². The number of fused-ring (bicyclic) bond motifs is 1. The number of methoxy groups -OCH3 is 1. The summed E-state index contributed by atoms with van der Waals surface area (Å²) in [7, 11) is 5.49. The average Bonchev–Trinajstić information content (AvgIpc) is 2.83. The van der Waals surface area contributed by atoms with E-state index in [1.54, 1.807) is 18.6 Å². The molecule has 0 aliphatic rings. The number of carboxylic acids is 1. The van der Waals surface area contributed by atoms with Crippen molar-refractivity contribution in [2.24, 2.45) is 0 Å². The van der Waals surface area contributed by atoms with E-state index in [0.29, 0.717) is 5.75 Å². The Hall–Kier alpha value is -2.08. The van der Waals surface area contributed by atoms with Gasteiger partial charge in [-0.1, -0.05) is 0 Å². The summed E-state index contributed by atoms with van der Waals surface area (Å²) < 4.78 is 6.99. The molecule has 0 aliphatic carbocycles. The maximum Gasteiger partial charge on any atom is 0.326 e. The first-order valence-electron chi connectivity index (χ1n) is 6.82. The molecule has 0 saturated carbocycles. The third kappa shape index (κ3) is 2.71. The molecule has 0 saturated heterocycles. The Balaban J connectivity index is 2.70. The van der Waals surface area contributed by atoms with Crippen LogP contribution in [0.25, 0.3) is 11.0 Å². The number of ether oxygens (including phenoxy) is 1. The summed E-state index contributed by atoms with van der Waals surface area (Å²) in [6.45, 7) is 3.67. The van der Waals surface area contributed by atoms with Crippen LogP contribution in [0.2, 0.25) is 0 Å². The Morgan fingerprint density at radius 1 is 1.38 bits per heavy atom. The van der Waals surface area contributed by atoms with Crippen molar-refractivity contribution in [2.75, 3.05) is 21.2 Å². The van der Waals surface area contributed by atoms with Crippen molar-refractivity contribution < 1.29 is 14.6 Å². The molecule has 21 heavy (non-hydrogen) atoms. The molecule has 2 atom stereocenters. The second-order valence-corrected chi connectivity index (χ2v) is 5.35. The predicted octanol–water partition coefficient (Wildman–Crippen LogP) is 2.31. The molecule has 2 rings (SSSR count). The molecular weight excluding hydrogens is 270 g/mol. The van der Waals surface area contributed by atoms with Crippen molar-refractivity contribution in [3.8, 4) is 5.75 Å². The monoisotopic (exact) mass is 291 g/mol.